The lowest BCUT2D eigenvalue weighted by atomic mass is 10.1. The highest BCUT2D eigenvalue weighted by molar-refractivity contribution is 6.17. The first-order chi connectivity index (χ1) is 5.72. The molecule has 1 heterocycles. The predicted molar refractivity (Wildman–Crippen MR) is 47.3 cm³/mol. The number of nitrogens with zero attached hydrogens (tertiary/aromatic N) is 2. The maximum Gasteiger partial charge on any atom is 0.227 e. The van der Waals surface area contributed by atoms with Crippen LogP contribution >= 0.6 is 11.6 Å². The summed E-state index contributed by atoms with van der Waals surface area (Å²) in [7, 11) is 0. The van der Waals surface area contributed by atoms with E-state index in [4.69, 9.17) is 16.1 Å². The summed E-state index contributed by atoms with van der Waals surface area (Å²) in [6, 6.07) is 0. The molecule has 0 saturated heterocycles. The molecule has 0 aromatic carbocycles. The average molecular weight is 189 g/mol. The molecule has 1 aromatic heterocycles. The second-order valence-corrected chi connectivity index (χ2v) is 3.52. The van der Waals surface area contributed by atoms with Crippen LogP contribution in [0.15, 0.2) is 4.52 Å². The quantitative estimate of drug-likeness (QED) is 0.679. The zero-order valence-corrected chi connectivity index (χ0v) is 8.14. The van der Waals surface area contributed by atoms with Crippen LogP contribution in [0, 0.1) is 5.92 Å². The van der Waals surface area contributed by atoms with Crippen molar-refractivity contribution in [1.29, 1.82) is 0 Å². The van der Waals surface area contributed by atoms with Gasteiger partial charge >= 0.3 is 0 Å². The minimum atomic E-state index is 0.531. The highest BCUT2D eigenvalue weighted by Gasteiger charge is 2.06. The molecule has 3 nitrogen and oxygen atoms in total. The summed E-state index contributed by atoms with van der Waals surface area (Å²) < 4.78 is 4.96. The highest BCUT2D eigenvalue weighted by atomic mass is 35.5. The third-order valence-corrected chi connectivity index (χ3v) is 1.60. The van der Waals surface area contributed by atoms with E-state index >= 15 is 0 Å². The molecule has 0 bridgehead atoms. The summed E-state index contributed by atoms with van der Waals surface area (Å²) in [5.74, 6) is 2.51. The summed E-state index contributed by atoms with van der Waals surface area (Å²) in [5.41, 5.74) is 0. The van der Waals surface area contributed by atoms with E-state index in [2.05, 4.69) is 24.0 Å². The Morgan fingerprint density at radius 2 is 2.25 bits per heavy atom. The minimum absolute atomic E-state index is 0.531. The van der Waals surface area contributed by atoms with E-state index in [0.717, 1.165) is 12.2 Å². The van der Waals surface area contributed by atoms with E-state index in [0.29, 0.717) is 24.1 Å². The van der Waals surface area contributed by atoms with Gasteiger partial charge in [0.2, 0.25) is 5.89 Å². The SMILES string of the molecule is CC(C)Cc1noc(CCCl)n1. The van der Waals surface area contributed by atoms with Crippen molar-refractivity contribution in [2.45, 2.75) is 26.7 Å². The van der Waals surface area contributed by atoms with Gasteiger partial charge in [0, 0.05) is 18.7 Å². The summed E-state index contributed by atoms with van der Waals surface area (Å²) in [6.45, 7) is 4.25. The van der Waals surface area contributed by atoms with E-state index < -0.39 is 0 Å². The molecule has 4 heteroatoms. The van der Waals surface area contributed by atoms with E-state index in [1.165, 1.54) is 0 Å². The van der Waals surface area contributed by atoms with Crippen molar-refractivity contribution in [1.82, 2.24) is 10.1 Å². The number of aromatic nitrogens is 2. The molecule has 0 aliphatic rings. The fourth-order valence-electron chi connectivity index (χ4n) is 0.921. The number of halogens is 1. The van der Waals surface area contributed by atoms with Gasteiger partial charge in [-0.25, -0.2) is 0 Å². The van der Waals surface area contributed by atoms with Gasteiger partial charge in [0.25, 0.3) is 0 Å². The topological polar surface area (TPSA) is 38.9 Å². The first-order valence-electron chi connectivity index (χ1n) is 4.09. The first-order valence-corrected chi connectivity index (χ1v) is 4.63. The smallest absolute Gasteiger partial charge is 0.227 e. The first kappa shape index (κ1) is 9.52. The molecule has 0 spiro atoms. The van der Waals surface area contributed by atoms with Gasteiger partial charge in [-0.15, -0.1) is 11.6 Å². The average Bonchev–Trinajstić information content (AvgIpc) is 2.36. The van der Waals surface area contributed by atoms with Gasteiger partial charge in [-0.3, -0.25) is 0 Å². The Morgan fingerprint density at radius 3 is 2.83 bits per heavy atom. The molecule has 0 N–H and O–H groups in total. The second kappa shape index (κ2) is 4.45. The van der Waals surface area contributed by atoms with E-state index in [9.17, 15) is 0 Å². The number of alkyl halides is 1. The maximum absolute atomic E-state index is 5.52. The van der Waals surface area contributed by atoms with Crippen molar-refractivity contribution < 1.29 is 4.52 Å². The second-order valence-electron chi connectivity index (χ2n) is 3.14. The van der Waals surface area contributed by atoms with Crippen molar-refractivity contribution in [2.24, 2.45) is 5.92 Å². The largest absolute Gasteiger partial charge is 0.339 e. The van der Waals surface area contributed by atoms with Gasteiger partial charge in [-0.1, -0.05) is 19.0 Å². The highest BCUT2D eigenvalue weighted by Crippen LogP contribution is 2.05. The van der Waals surface area contributed by atoms with Crippen LogP contribution in [0.4, 0.5) is 0 Å². The Balaban J connectivity index is 2.52. The van der Waals surface area contributed by atoms with Crippen LogP contribution < -0.4 is 0 Å². The van der Waals surface area contributed by atoms with E-state index in [-0.39, 0.29) is 0 Å². The normalized spacial score (nSPS) is 11.0. The molecule has 0 atom stereocenters. The van der Waals surface area contributed by atoms with Gasteiger partial charge in [-0.2, -0.15) is 4.98 Å². The standard InChI is InChI=1S/C8H13ClN2O/c1-6(2)5-7-10-8(3-4-9)12-11-7/h6H,3-5H2,1-2H3. The predicted octanol–water partition coefficient (Wildman–Crippen LogP) is 2.05. The van der Waals surface area contributed by atoms with Crippen molar-refractivity contribution in [3.05, 3.63) is 11.7 Å². The number of hydrogen-bond donors (Lipinski definition) is 0. The Morgan fingerprint density at radius 1 is 1.50 bits per heavy atom. The van der Waals surface area contributed by atoms with Crippen molar-refractivity contribution in [3.8, 4) is 0 Å². The number of rotatable bonds is 4. The third-order valence-electron chi connectivity index (χ3n) is 1.41. The van der Waals surface area contributed by atoms with Crippen LogP contribution in [0.2, 0.25) is 0 Å². The Kier molecular flexibility index (Phi) is 3.53. The Hall–Kier alpha value is -0.570. The van der Waals surface area contributed by atoms with Crippen LogP contribution in [0.1, 0.15) is 25.6 Å². The molecule has 0 radical (unpaired) electrons. The lowest BCUT2D eigenvalue weighted by Crippen LogP contribution is -1.96. The van der Waals surface area contributed by atoms with Crippen LogP contribution in [0.5, 0.6) is 0 Å². The van der Waals surface area contributed by atoms with Gasteiger partial charge < -0.3 is 4.52 Å². The van der Waals surface area contributed by atoms with Crippen LogP contribution in [0.3, 0.4) is 0 Å². The van der Waals surface area contributed by atoms with Gasteiger partial charge in [0.05, 0.1) is 0 Å². The molecule has 1 aromatic rings. The molecule has 0 aliphatic heterocycles. The lowest BCUT2D eigenvalue weighted by molar-refractivity contribution is 0.374. The molecule has 0 saturated carbocycles. The van der Waals surface area contributed by atoms with Crippen LogP contribution in [0.25, 0.3) is 0 Å². The third kappa shape index (κ3) is 2.81. The minimum Gasteiger partial charge on any atom is -0.339 e. The monoisotopic (exact) mass is 188 g/mol. The zero-order chi connectivity index (χ0) is 8.97. The summed E-state index contributed by atoms with van der Waals surface area (Å²) in [6.07, 6.45) is 1.53. The Labute approximate surface area is 77.1 Å². The molecule has 0 unspecified atom stereocenters. The maximum atomic E-state index is 5.52. The molecule has 68 valence electrons. The van der Waals surface area contributed by atoms with Gasteiger partial charge in [-0.05, 0) is 5.92 Å². The fraction of sp³-hybridized carbons (Fsp3) is 0.750. The molecule has 0 fully saturated rings. The van der Waals surface area contributed by atoms with Crippen molar-refractivity contribution in [3.63, 3.8) is 0 Å². The zero-order valence-electron chi connectivity index (χ0n) is 7.38. The van der Waals surface area contributed by atoms with E-state index in [1.807, 2.05) is 0 Å². The summed E-state index contributed by atoms with van der Waals surface area (Å²) >= 11 is 5.52. The Bertz CT molecular complexity index is 235. The van der Waals surface area contributed by atoms with Crippen molar-refractivity contribution >= 4 is 11.6 Å². The molecule has 1 rings (SSSR count). The molecular formula is C8H13ClN2O. The van der Waals surface area contributed by atoms with Gasteiger partial charge in [0.1, 0.15) is 0 Å². The fourth-order valence-corrected chi connectivity index (χ4v) is 1.08. The number of aryl methyl sites for hydroxylation is 1. The molecule has 12 heavy (non-hydrogen) atoms. The summed E-state index contributed by atoms with van der Waals surface area (Å²) in [5, 5.41) is 3.83. The molecule has 0 aliphatic carbocycles. The van der Waals surface area contributed by atoms with Crippen molar-refractivity contribution in [2.75, 3.05) is 5.88 Å². The molecule has 0 amide bonds. The van der Waals surface area contributed by atoms with Gasteiger partial charge in [0.15, 0.2) is 5.82 Å². The number of hydrogen-bond acceptors (Lipinski definition) is 3. The lowest BCUT2D eigenvalue weighted by Gasteiger charge is -1.95. The van der Waals surface area contributed by atoms with E-state index in [1.54, 1.807) is 0 Å². The summed E-state index contributed by atoms with van der Waals surface area (Å²) in [4.78, 5) is 4.18. The van der Waals surface area contributed by atoms with Crippen LogP contribution in [-0.4, -0.2) is 16.0 Å². The van der Waals surface area contributed by atoms with Crippen LogP contribution in [-0.2, 0) is 12.8 Å². The molecular weight excluding hydrogens is 176 g/mol.